The van der Waals surface area contributed by atoms with Crippen LogP contribution in [0.15, 0.2) is 0 Å². The Balaban J connectivity index is 4.29. The Morgan fingerprint density at radius 1 is 1.19 bits per heavy atom. The predicted octanol–water partition coefficient (Wildman–Crippen LogP) is 1.19. The van der Waals surface area contributed by atoms with Crippen LogP contribution in [0.4, 0.5) is 0 Å². The maximum absolute atomic E-state index is 12.1. The fourth-order valence-electron chi connectivity index (χ4n) is 1.94. The molecule has 0 aromatic carbocycles. The van der Waals surface area contributed by atoms with Crippen molar-refractivity contribution in [3.63, 3.8) is 0 Å². The topological polar surface area (TPSA) is 67.9 Å². The maximum atomic E-state index is 12.1. The minimum absolute atomic E-state index is 0.00734. The molecular weight excluding hydrogens is 272 g/mol. The molecule has 6 nitrogen and oxygen atoms in total. The van der Waals surface area contributed by atoms with E-state index in [1.165, 1.54) is 7.11 Å². The monoisotopic (exact) mass is 302 g/mol. The summed E-state index contributed by atoms with van der Waals surface area (Å²) in [5.41, 5.74) is 0. The second kappa shape index (κ2) is 12.6. The fourth-order valence-corrected chi connectivity index (χ4v) is 1.94. The van der Waals surface area contributed by atoms with Crippen LogP contribution in [0.3, 0.4) is 0 Å². The molecule has 0 saturated heterocycles. The fraction of sp³-hybridized carbons (Fsp3) is 0.867. The number of unbranched alkanes of at least 4 members (excludes halogenated alkanes) is 2. The number of rotatable bonds is 12. The van der Waals surface area contributed by atoms with Gasteiger partial charge < -0.3 is 14.8 Å². The van der Waals surface area contributed by atoms with Gasteiger partial charge in [-0.3, -0.25) is 14.5 Å². The van der Waals surface area contributed by atoms with Crippen LogP contribution in [0, 0.1) is 0 Å². The Kier molecular flexibility index (Phi) is 11.9. The molecule has 0 spiro atoms. The maximum Gasteiger partial charge on any atom is 0.306 e. The highest BCUT2D eigenvalue weighted by Crippen LogP contribution is 2.02. The van der Waals surface area contributed by atoms with E-state index in [2.05, 4.69) is 17.0 Å². The minimum atomic E-state index is -0.286. The van der Waals surface area contributed by atoms with Gasteiger partial charge in [-0.15, -0.1) is 0 Å². The first kappa shape index (κ1) is 19.9. The van der Waals surface area contributed by atoms with Crippen molar-refractivity contribution in [1.29, 1.82) is 0 Å². The van der Waals surface area contributed by atoms with Crippen molar-refractivity contribution in [2.45, 2.75) is 45.6 Å². The SMILES string of the molecule is CCCCCNC(=O)C(C)N(CCOC)CCC(=O)OC. The van der Waals surface area contributed by atoms with E-state index in [4.69, 9.17) is 4.74 Å². The van der Waals surface area contributed by atoms with Crippen molar-refractivity contribution in [3.8, 4) is 0 Å². The van der Waals surface area contributed by atoms with E-state index in [1.54, 1.807) is 7.11 Å². The molecule has 0 rings (SSSR count). The molecule has 0 saturated carbocycles. The predicted molar refractivity (Wildman–Crippen MR) is 82.1 cm³/mol. The Hall–Kier alpha value is -1.14. The quantitative estimate of drug-likeness (QED) is 0.433. The van der Waals surface area contributed by atoms with E-state index in [0.29, 0.717) is 26.2 Å². The van der Waals surface area contributed by atoms with Gasteiger partial charge in [0.1, 0.15) is 0 Å². The molecule has 21 heavy (non-hydrogen) atoms. The standard InChI is InChI=1S/C15H30N2O4/c1-5-6-7-9-16-15(19)13(2)17(11-12-20-3)10-8-14(18)21-4/h13H,5-12H2,1-4H3,(H,16,19). The van der Waals surface area contributed by atoms with E-state index < -0.39 is 0 Å². The number of methoxy groups -OCH3 is 2. The van der Waals surface area contributed by atoms with Crippen LogP contribution in [0.1, 0.15) is 39.5 Å². The van der Waals surface area contributed by atoms with Gasteiger partial charge in [0.25, 0.3) is 0 Å². The number of hydrogen-bond donors (Lipinski definition) is 1. The molecule has 1 unspecified atom stereocenters. The van der Waals surface area contributed by atoms with Gasteiger partial charge in [0, 0.05) is 26.7 Å². The summed E-state index contributed by atoms with van der Waals surface area (Å²) in [6, 6.07) is -0.286. The van der Waals surface area contributed by atoms with E-state index in [1.807, 2.05) is 11.8 Å². The van der Waals surface area contributed by atoms with Gasteiger partial charge in [0.15, 0.2) is 0 Å². The van der Waals surface area contributed by atoms with Crippen molar-refractivity contribution < 1.29 is 19.1 Å². The third-order valence-corrected chi connectivity index (χ3v) is 3.42. The number of esters is 1. The van der Waals surface area contributed by atoms with E-state index in [9.17, 15) is 9.59 Å². The lowest BCUT2D eigenvalue weighted by Crippen LogP contribution is -2.47. The molecule has 1 amide bonds. The normalized spacial score (nSPS) is 12.2. The molecule has 0 aliphatic carbocycles. The number of hydrogen-bond acceptors (Lipinski definition) is 5. The van der Waals surface area contributed by atoms with Crippen LogP contribution in [0.5, 0.6) is 0 Å². The van der Waals surface area contributed by atoms with E-state index in [-0.39, 0.29) is 24.3 Å². The molecule has 0 fully saturated rings. The number of carbonyl (C=O) groups is 2. The summed E-state index contributed by atoms with van der Waals surface area (Å²) in [5.74, 6) is -0.278. The molecule has 0 heterocycles. The number of carbonyl (C=O) groups excluding carboxylic acids is 2. The molecule has 0 radical (unpaired) electrons. The van der Waals surface area contributed by atoms with Crippen LogP contribution in [-0.4, -0.2) is 63.3 Å². The summed E-state index contributed by atoms with van der Waals surface area (Å²) < 4.78 is 9.70. The Morgan fingerprint density at radius 2 is 1.90 bits per heavy atom. The minimum Gasteiger partial charge on any atom is -0.469 e. The van der Waals surface area contributed by atoms with Crippen LogP contribution in [0.25, 0.3) is 0 Å². The lowest BCUT2D eigenvalue weighted by Gasteiger charge is -2.27. The van der Waals surface area contributed by atoms with Gasteiger partial charge >= 0.3 is 5.97 Å². The van der Waals surface area contributed by atoms with E-state index in [0.717, 1.165) is 19.3 Å². The van der Waals surface area contributed by atoms with Gasteiger partial charge in [-0.25, -0.2) is 0 Å². The summed E-state index contributed by atoms with van der Waals surface area (Å²) in [6.07, 6.45) is 3.51. The van der Waals surface area contributed by atoms with Crippen molar-refractivity contribution in [2.24, 2.45) is 0 Å². The summed E-state index contributed by atoms with van der Waals surface area (Å²) in [5, 5.41) is 2.94. The van der Waals surface area contributed by atoms with Gasteiger partial charge in [-0.2, -0.15) is 0 Å². The molecule has 124 valence electrons. The van der Waals surface area contributed by atoms with Crippen LogP contribution in [0.2, 0.25) is 0 Å². The zero-order valence-electron chi connectivity index (χ0n) is 13.8. The number of nitrogens with zero attached hydrogens (tertiary/aromatic N) is 1. The average Bonchev–Trinajstić information content (AvgIpc) is 2.50. The van der Waals surface area contributed by atoms with Gasteiger partial charge in [-0.05, 0) is 13.3 Å². The van der Waals surface area contributed by atoms with Gasteiger partial charge in [0.2, 0.25) is 5.91 Å². The molecule has 6 heteroatoms. The summed E-state index contributed by atoms with van der Waals surface area (Å²) in [6.45, 7) is 6.29. The smallest absolute Gasteiger partial charge is 0.306 e. The van der Waals surface area contributed by atoms with Gasteiger partial charge in [-0.1, -0.05) is 19.8 Å². The zero-order chi connectivity index (χ0) is 16.1. The first-order valence-corrected chi connectivity index (χ1v) is 7.64. The molecule has 1 N–H and O–H groups in total. The Morgan fingerprint density at radius 3 is 2.48 bits per heavy atom. The molecule has 0 aromatic rings. The highest BCUT2D eigenvalue weighted by atomic mass is 16.5. The van der Waals surface area contributed by atoms with Crippen molar-refractivity contribution >= 4 is 11.9 Å². The van der Waals surface area contributed by atoms with Crippen LogP contribution < -0.4 is 5.32 Å². The second-order valence-corrected chi connectivity index (χ2v) is 5.03. The van der Waals surface area contributed by atoms with Crippen molar-refractivity contribution in [3.05, 3.63) is 0 Å². The first-order chi connectivity index (χ1) is 10.1. The number of ether oxygens (including phenoxy) is 2. The Labute approximate surface area is 128 Å². The number of nitrogens with one attached hydrogen (secondary N) is 1. The average molecular weight is 302 g/mol. The van der Waals surface area contributed by atoms with Crippen LogP contribution >= 0.6 is 0 Å². The zero-order valence-corrected chi connectivity index (χ0v) is 13.8. The molecule has 0 bridgehead atoms. The van der Waals surface area contributed by atoms with Crippen LogP contribution in [-0.2, 0) is 19.1 Å². The Bertz CT molecular complexity index is 297. The molecule has 0 aliphatic heterocycles. The lowest BCUT2D eigenvalue weighted by atomic mass is 10.2. The summed E-state index contributed by atoms with van der Waals surface area (Å²) >= 11 is 0. The second-order valence-electron chi connectivity index (χ2n) is 5.03. The molecular formula is C15H30N2O4. The largest absolute Gasteiger partial charge is 0.469 e. The third kappa shape index (κ3) is 9.42. The summed E-state index contributed by atoms with van der Waals surface area (Å²) in [4.78, 5) is 25.3. The molecule has 1 atom stereocenters. The first-order valence-electron chi connectivity index (χ1n) is 7.64. The molecule has 0 aromatic heterocycles. The van der Waals surface area contributed by atoms with Gasteiger partial charge in [0.05, 0.1) is 26.2 Å². The van der Waals surface area contributed by atoms with Crippen molar-refractivity contribution in [2.75, 3.05) is 40.5 Å². The summed E-state index contributed by atoms with van der Waals surface area (Å²) in [7, 11) is 2.99. The number of amides is 1. The van der Waals surface area contributed by atoms with Crippen molar-refractivity contribution in [1.82, 2.24) is 10.2 Å². The highest BCUT2D eigenvalue weighted by molar-refractivity contribution is 5.81. The molecule has 0 aliphatic rings. The third-order valence-electron chi connectivity index (χ3n) is 3.42. The lowest BCUT2D eigenvalue weighted by molar-refractivity contribution is -0.141. The van der Waals surface area contributed by atoms with E-state index >= 15 is 0 Å². The highest BCUT2D eigenvalue weighted by Gasteiger charge is 2.21.